The van der Waals surface area contributed by atoms with Crippen LogP contribution in [0.15, 0.2) is 0 Å². The Kier molecular flexibility index (Phi) is 5.24. The van der Waals surface area contributed by atoms with E-state index in [4.69, 9.17) is 14.6 Å². The zero-order valence-corrected chi connectivity index (χ0v) is 10.6. The Morgan fingerprint density at radius 2 is 1.74 bits per heavy atom. The van der Waals surface area contributed by atoms with Crippen LogP contribution in [0.5, 0.6) is 0 Å². The lowest BCUT2D eigenvalue weighted by molar-refractivity contribution is -0.286. The first-order chi connectivity index (χ1) is 8.73. The Morgan fingerprint density at radius 1 is 1.16 bits per heavy atom. The van der Waals surface area contributed by atoms with E-state index in [1.165, 1.54) is 0 Å². The third kappa shape index (κ3) is 3.87. The molecule has 1 saturated heterocycles. The molecular formula is C11H18O8. The summed E-state index contributed by atoms with van der Waals surface area (Å²) in [6.07, 6.45) is -8.61. The van der Waals surface area contributed by atoms with Crippen molar-refractivity contribution in [2.24, 2.45) is 5.92 Å². The van der Waals surface area contributed by atoms with Gasteiger partial charge in [-0.2, -0.15) is 0 Å². The van der Waals surface area contributed by atoms with Crippen molar-refractivity contribution in [2.45, 2.75) is 51.0 Å². The maximum absolute atomic E-state index is 11.4. The first-order valence-electron chi connectivity index (χ1n) is 5.86. The number of hydrogen-bond acceptors (Lipinski definition) is 7. The summed E-state index contributed by atoms with van der Waals surface area (Å²) in [6, 6.07) is 0. The largest absolute Gasteiger partial charge is 0.479 e. The minimum atomic E-state index is -1.80. The van der Waals surface area contributed by atoms with Gasteiger partial charge in [-0.25, -0.2) is 4.79 Å². The van der Waals surface area contributed by atoms with E-state index in [-0.39, 0.29) is 12.3 Å². The highest BCUT2D eigenvalue weighted by Gasteiger charge is 2.48. The lowest BCUT2D eigenvalue weighted by atomic mass is 9.99. The SMILES string of the molecule is CC(C)CC(=O)O[C@@H]1O[C@H](C(=O)O)[C@@H](O)[C@H](O)[C@H]1O. The summed E-state index contributed by atoms with van der Waals surface area (Å²) in [5.74, 6) is -2.20. The molecule has 8 nitrogen and oxygen atoms in total. The first-order valence-corrected chi connectivity index (χ1v) is 5.86. The monoisotopic (exact) mass is 278 g/mol. The molecule has 19 heavy (non-hydrogen) atoms. The molecule has 1 aliphatic rings. The Bertz CT molecular complexity index is 342. The molecule has 0 bridgehead atoms. The van der Waals surface area contributed by atoms with Crippen molar-refractivity contribution in [2.75, 3.05) is 0 Å². The number of aliphatic hydroxyl groups is 3. The quantitative estimate of drug-likeness (QED) is 0.455. The van der Waals surface area contributed by atoms with Crippen molar-refractivity contribution in [3.05, 3.63) is 0 Å². The molecule has 1 fully saturated rings. The van der Waals surface area contributed by atoms with Gasteiger partial charge in [0, 0.05) is 6.42 Å². The van der Waals surface area contributed by atoms with Crippen molar-refractivity contribution in [3.63, 3.8) is 0 Å². The van der Waals surface area contributed by atoms with Gasteiger partial charge >= 0.3 is 11.9 Å². The zero-order chi connectivity index (χ0) is 14.7. The molecule has 0 saturated carbocycles. The van der Waals surface area contributed by atoms with Gasteiger partial charge in [0.1, 0.15) is 18.3 Å². The number of aliphatic carboxylic acids is 1. The summed E-state index contributed by atoms with van der Waals surface area (Å²) in [5, 5.41) is 37.3. The van der Waals surface area contributed by atoms with Crippen LogP contribution in [0.2, 0.25) is 0 Å². The fourth-order valence-electron chi connectivity index (χ4n) is 1.66. The molecule has 0 aromatic carbocycles. The van der Waals surface area contributed by atoms with Crippen LogP contribution in [-0.2, 0) is 19.1 Å². The molecule has 110 valence electrons. The van der Waals surface area contributed by atoms with Gasteiger partial charge in [-0.1, -0.05) is 13.8 Å². The molecular weight excluding hydrogens is 260 g/mol. The van der Waals surface area contributed by atoms with Crippen LogP contribution < -0.4 is 0 Å². The lowest BCUT2D eigenvalue weighted by Crippen LogP contribution is -2.60. The molecule has 0 aliphatic carbocycles. The highest BCUT2D eigenvalue weighted by atomic mass is 16.7. The molecule has 1 rings (SSSR count). The van der Waals surface area contributed by atoms with Crippen LogP contribution in [0.1, 0.15) is 20.3 Å². The molecule has 5 atom stereocenters. The predicted molar refractivity (Wildman–Crippen MR) is 59.9 cm³/mol. The fourth-order valence-corrected chi connectivity index (χ4v) is 1.66. The van der Waals surface area contributed by atoms with Crippen LogP contribution in [0, 0.1) is 5.92 Å². The van der Waals surface area contributed by atoms with Gasteiger partial charge < -0.3 is 29.9 Å². The van der Waals surface area contributed by atoms with Crippen LogP contribution in [0.3, 0.4) is 0 Å². The average Bonchev–Trinajstić information content (AvgIpc) is 2.28. The van der Waals surface area contributed by atoms with Gasteiger partial charge in [0.2, 0.25) is 6.29 Å². The van der Waals surface area contributed by atoms with E-state index in [1.54, 1.807) is 13.8 Å². The predicted octanol–water partition coefficient (Wildman–Crippen LogP) is -1.53. The highest BCUT2D eigenvalue weighted by molar-refractivity contribution is 5.73. The fraction of sp³-hybridized carbons (Fsp3) is 0.818. The van der Waals surface area contributed by atoms with Crippen molar-refractivity contribution < 1.29 is 39.5 Å². The number of ether oxygens (including phenoxy) is 2. The van der Waals surface area contributed by atoms with E-state index in [1.807, 2.05) is 0 Å². The molecule has 8 heteroatoms. The molecule has 0 amide bonds. The number of carbonyl (C=O) groups excluding carboxylic acids is 1. The van der Waals surface area contributed by atoms with E-state index >= 15 is 0 Å². The van der Waals surface area contributed by atoms with E-state index in [0.717, 1.165) is 0 Å². The molecule has 0 aromatic rings. The molecule has 0 radical (unpaired) electrons. The topological polar surface area (TPSA) is 134 Å². The minimum Gasteiger partial charge on any atom is -0.479 e. The minimum absolute atomic E-state index is 0.0130. The third-order valence-corrected chi connectivity index (χ3v) is 2.64. The molecule has 4 N–H and O–H groups in total. The van der Waals surface area contributed by atoms with Crippen molar-refractivity contribution >= 4 is 11.9 Å². The second-order valence-corrected chi connectivity index (χ2v) is 4.82. The maximum Gasteiger partial charge on any atom is 0.335 e. The summed E-state index contributed by atoms with van der Waals surface area (Å²) in [7, 11) is 0. The average molecular weight is 278 g/mol. The maximum atomic E-state index is 11.4. The van der Waals surface area contributed by atoms with E-state index in [0.29, 0.717) is 0 Å². The standard InChI is InChI=1S/C11H18O8/c1-4(2)3-5(12)18-11-8(15)6(13)7(14)9(19-11)10(16)17/h4,6-9,11,13-15H,3H2,1-2H3,(H,16,17)/t6-,7-,8+,9-,11+/m0/s1. The summed E-state index contributed by atoms with van der Waals surface area (Å²) >= 11 is 0. The van der Waals surface area contributed by atoms with Gasteiger partial charge in [-0.05, 0) is 5.92 Å². The molecule has 1 aliphatic heterocycles. The van der Waals surface area contributed by atoms with E-state index < -0.39 is 42.6 Å². The van der Waals surface area contributed by atoms with E-state index in [2.05, 4.69) is 0 Å². The lowest BCUT2D eigenvalue weighted by Gasteiger charge is -2.38. The summed E-state index contributed by atoms with van der Waals surface area (Å²) in [5.41, 5.74) is 0. The molecule has 0 unspecified atom stereocenters. The Labute approximate surface area is 109 Å². The van der Waals surface area contributed by atoms with Gasteiger partial charge in [0.15, 0.2) is 6.10 Å². The van der Waals surface area contributed by atoms with Crippen LogP contribution >= 0.6 is 0 Å². The summed E-state index contributed by atoms with van der Waals surface area (Å²) in [4.78, 5) is 22.2. The zero-order valence-electron chi connectivity index (χ0n) is 10.6. The number of aliphatic hydroxyl groups excluding tert-OH is 3. The number of rotatable bonds is 4. The molecule has 1 heterocycles. The van der Waals surface area contributed by atoms with Crippen LogP contribution in [0.25, 0.3) is 0 Å². The Morgan fingerprint density at radius 3 is 2.21 bits per heavy atom. The number of esters is 1. The van der Waals surface area contributed by atoms with Crippen molar-refractivity contribution in [1.82, 2.24) is 0 Å². The third-order valence-electron chi connectivity index (χ3n) is 2.64. The smallest absolute Gasteiger partial charge is 0.335 e. The Balaban J connectivity index is 2.72. The van der Waals surface area contributed by atoms with E-state index in [9.17, 15) is 24.9 Å². The normalized spacial score (nSPS) is 35.2. The highest BCUT2D eigenvalue weighted by Crippen LogP contribution is 2.23. The van der Waals surface area contributed by atoms with Gasteiger partial charge in [-0.3, -0.25) is 4.79 Å². The van der Waals surface area contributed by atoms with Crippen molar-refractivity contribution in [3.8, 4) is 0 Å². The summed E-state index contributed by atoms with van der Waals surface area (Å²) in [6.45, 7) is 3.55. The molecule has 0 spiro atoms. The molecule has 0 aromatic heterocycles. The number of hydrogen-bond donors (Lipinski definition) is 4. The van der Waals surface area contributed by atoms with Crippen molar-refractivity contribution in [1.29, 1.82) is 0 Å². The second kappa shape index (κ2) is 6.29. The number of carboxylic acid groups (broad SMARTS) is 1. The van der Waals surface area contributed by atoms with Gasteiger partial charge in [0.25, 0.3) is 0 Å². The number of carboxylic acids is 1. The first kappa shape index (κ1) is 15.8. The number of carbonyl (C=O) groups is 2. The van der Waals surface area contributed by atoms with Gasteiger partial charge in [0.05, 0.1) is 0 Å². The van der Waals surface area contributed by atoms with Gasteiger partial charge in [-0.15, -0.1) is 0 Å². The van der Waals surface area contributed by atoms with Crippen LogP contribution in [0.4, 0.5) is 0 Å². The Hall–Kier alpha value is -1.22. The summed E-state index contributed by atoms with van der Waals surface area (Å²) < 4.78 is 9.56. The van der Waals surface area contributed by atoms with Crippen LogP contribution in [-0.4, -0.2) is 63.1 Å². The second-order valence-electron chi connectivity index (χ2n) is 4.82.